The number of aromatic nitrogens is 3. The summed E-state index contributed by atoms with van der Waals surface area (Å²) < 4.78 is 0. The number of amides is 1. The number of piperidine rings is 1. The van der Waals surface area contributed by atoms with Crippen LogP contribution in [0.1, 0.15) is 50.5 Å². The fourth-order valence-electron chi connectivity index (χ4n) is 6.60. The number of anilines is 1. The zero-order chi connectivity index (χ0) is 28.2. The molecule has 41 heavy (non-hydrogen) atoms. The maximum atomic E-state index is 12.0. The second-order valence-corrected chi connectivity index (χ2v) is 11.9. The fraction of sp³-hybridized carbons (Fsp3) is 0.406. The van der Waals surface area contributed by atoms with Gasteiger partial charge in [-0.25, -0.2) is 14.8 Å². The van der Waals surface area contributed by atoms with Crippen LogP contribution in [0.3, 0.4) is 0 Å². The summed E-state index contributed by atoms with van der Waals surface area (Å²) in [7, 11) is 0. The summed E-state index contributed by atoms with van der Waals surface area (Å²) in [6.45, 7) is 1.32. The van der Waals surface area contributed by atoms with Crippen molar-refractivity contribution in [3.05, 3.63) is 77.6 Å². The van der Waals surface area contributed by atoms with E-state index in [9.17, 15) is 9.90 Å². The number of nitrogens with zero attached hydrogens (tertiary/aromatic N) is 3. The Morgan fingerprint density at radius 3 is 2.68 bits per heavy atom. The van der Waals surface area contributed by atoms with Crippen molar-refractivity contribution in [1.82, 2.24) is 25.2 Å². The van der Waals surface area contributed by atoms with Crippen LogP contribution in [0.15, 0.2) is 67.0 Å². The number of para-hydroxylation sites is 1. The highest BCUT2D eigenvalue weighted by molar-refractivity contribution is 6.33. The second kappa shape index (κ2) is 12.1. The normalized spacial score (nSPS) is 20.7. The Hall–Kier alpha value is -3.62. The van der Waals surface area contributed by atoms with Crippen molar-refractivity contribution in [1.29, 1.82) is 0 Å². The van der Waals surface area contributed by atoms with E-state index in [2.05, 4.69) is 38.8 Å². The molecule has 1 saturated carbocycles. The molecule has 0 radical (unpaired) electrons. The van der Waals surface area contributed by atoms with E-state index in [-0.39, 0.29) is 17.6 Å². The summed E-state index contributed by atoms with van der Waals surface area (Å²) in [5.41, 5.74) is 3.70. The summed E-state index contributed by atoms with van der Waals surface area (Å²) in [5, 5.41) is 19.0. The van der Waals surface area contributed by atoms with Crippen LogP contribution >= 0.6 is 11.6 Å². The summed E-state index contributed by atoms with van der Waals surface area (Å²) in [6.07, 6.45) is 10.7. The lowest BCUT2D eigenvalue weighted by atomic mass is 9.81. The highest BCUT2D eigenvalue weighted by atomic mass is 35.5. The van der Waals surface area contributed by atoms with E-state index in [0.29, 0.717) is 23.2 Å². The Morgan fingerprint density at radius 2 is 1.88 bits per heavy atom. The van der Waals surface area contributed by atoms with Crippen LogP contribution in [0, 0.1) is 0 Å². The highest BCUT2D eigenvalue weighted by Gasteiger charge is 2.36. The SMILES string of the molecule is O=C(O)N1CCC(NCC2(Nc3ncc(Cl)c(-c4c[nH]c5ccccc45)n3)CCCCC2)CC1Cc1ccccc1. The van der Waals surface area contributed by atoms with Crippen LogP contribution in [0.5, 0.6) is 0 Å². The predicted molar refractivity (Wildman–Crippen MR) is 163 cm³/mol. The first-order valence-corrected chi connectivity index (χ1v) is 15.0. The van der Waals surface area contributed by atoms with Gasteiger partial charge in [-0.2, -0.15) is 0 Å². The van der Waals surface area contributed by atoms with Gasteiger partial charge < -0.3 is 25.6 Å². The van der Waals surface area contributed by atoms with Gasteiger partial charge in [-0.3, -0.25) is 0 Å². The Morgan fingerprint density at radius 1 is 1.10 bits per heavy atom. The van der Waals surface area contributed by atoms with Crippen molar-refractivity contribution < 1.29 is 9.90 Å². The standard InChI is InChI=1S/C32H37ClN6O2/c33-27-20-35-30(37-29(27)26-19-34-28-12-6-5-11-25(26)28)38-32(14-7-2-8-15-32)21-36-23-13-16-39(31(40)41)24(18-23)17-22-9-3-1-4-10-22/h1,3-6,9-12,19-20,23-24,34,36H,2,7-8,13-18,21H2,(H,40,41)(H,35,37,38). The molecule has 1 aliphatic carbocycles. The molecule has 2 aromatic carbocycles. The van der Waals surface area contributed by atoms with Crippen LogP contribution in [0.25, 0.3) is 22.2 Å². The van der Waals surface area contributed by atoms with Gasteiger partial charge in [-0.1, -0.05) is 79.4 Å². The smallest absolute Gasteiger partial charge is 0.407 e. The van der Waals surface area contributed by atoms with Crippen LogP contribution < -0.4 is 10.6 Å². The van der Waals surface area contributed by atoms with Gasteiger partial charge in [-0.05, 0) is 43.7 Å². The number of likely N-dealkylation sites (tertiary alicyclic amines) is 1. The monoisotopic (exact) mass is 572 g/mol. The van der Waals surface area contributed by atoms with Crippen molar-refractivity contribution in [3.8, 4) is 11.3 Å². The third-order valence-electron chi connectivity index (χ3n) is 8.78. The van der Waals surface area contributed by atoms with Gasteiger partial charge in [0.05, 0.1) is 22.5 Å². The fourth-order valence-corrected chi connectivity index (χ4v) is 6.80. The van der Waals surface area contributed by atoms with Crippen LogP contribution in [-0.4, -0.2) is 61.8 Å². The molecule has 2 aromatic heterocycles. The minimum absolute atomic E-state index is 0.0465. The number of rotatable bonds is 8. The Bertz CT molecular complexity index is 1490. The summed E-state index contributed by atoms with van der Waals surface area (Å²) >= 11 is 6.61. The van der Waals surface area contributed by atoms with Gasteiger partial charge >= 0.3 is 6.09 Å². The van der Waals surface area contributed by atoms with Crippen molar-refractivity contribution in [3.63, 3.8) is 0 Å². The molecule has 2 unspecified atom stereocenters. The molecule has 4 aromatic rings. The largest absolute Gasteiger partial charge is 0.465 e. The van der Waals surface area contributed by atoms with E-state index in [0.717, 1.165) is 68.0 Å². The first-order chi connectivity index (χ1) is 20.0. The lowest BCUT2D eigenvalue weighted by Crippen LogP contribution is -2.56. The number of nitrogens with one attached hydrogen (secondary N) is 3. The van der Waals surface area contributed by atoms with Crippen molar-refractivity contribution in [2.75, 3.05) is 18.4 Å². The van der Waals surface area contributed by atoms with Gasteiger partial charge in [0.25, 0.3) is 0 Å². The third kappa shape index (κ3) is 6.19. The molecule has 0 spiro atoms. The molecular formula is C32H37ClN6O2. The second-order valence-electron chi connectivity index (χ2n) is 11.5. The van der Waals surface area contributed by atoms with Crippen molar-refractivity contribution in [2.24, 2.45) is 0 Å². The van der Waals surface area contributed by atoms with Crippen LogP contribution in [0.2, 0.25) is 5.02 Å². The highest BCUT2D eigenvalue weighted by Crippen LogP contribution is 2.35. The van der Waals surface area contributed by atoms with Crippen molar-refractivity contribution in [2.45, 2.75) is 69.0 Å². The number of aromatic amines is 1. The number of carboxylic acid groups (broad SMARTS) is 1. The molecular weight excluding hydrogens is 536 g/mol. The number of hydrogen-bond acceptors (Lipinski definition) is 5. The van der Waals surface area contributed by atoms with E-state index in [4.69, 9.17) is 16.6 Å². The van der Waals surface area contributed by atoms with Gasteiger partial charge in [0.15, 0.2) is 0 Å². The number of H-pyrrole nitrogens is 1. The topological polar surface area (TPSA) is 106 Å². The van der Waals surface area contributed by atoms with E-state index < -0.39 is 6.09 Å². The lowest BCUT2D eigenvalue weighted by Gasteiger charge is -2.42. The van der Waals surface area contributed by atoms with Gasteiger partial charge in [-0.15, -0.1) is 0 Å². The molecule has 8 nitrogen and oxygen atoms in total. The number of fused-ring (bicyclic) bond motifs is 1. The Labute approximate surface area is 245 Å². The first kappa shape index (κ1) is 27.5. The molecule has 2 aliphatic rings. The van der Waals surface area contributed by atoms with E-state index in [1.807, 2.05) is 42.6 Å². The molecule has 2 fully saturated rings. The Balaban J connectivity index is 1.18. The third-order valence-corrected chi connectivity index (χ3v) is 9.06. The predicted octanol–water partition coefficient (Wildman–Crippen LogP) is 6.74. The quantitative estimate of drug-likeness (QED) is 0.186. The van der Waals surface area contributed by atoms with E-state index >= 15 is 0 Å². The Kier molecular flexibility index (Phi) is 8.12. The molecule has 1 aliphatic heterocycles. The summed E-state index contributed by atoms with van der Waals surface area (Å²) in [6, 6.07) is 18.5. The van der Waals surface area contributed by atoms with E-state index in [1.54, 1.807) is 11.1 Å². The molecule has 1 saturated heterocycles. The van der Waals surface area contributed by atoms with Crippen LogP contribution in [-0.2, 0) is 6.42 Å². The molecule has 214 valence electrons. The van der Waals surface area contributed by atoms with Crippen molar-refractivity contribution >= 4 is 34.5 Å². The summed E-state index contributed by atoms with van der Waals surface area (Å²) in [4.78, 5) is 26.4. The molecule has 9 heteroatoms. The molecule has 1 amide bonds. The maximum absolute atomic E-state index is 12.0. The molecule has 3 heterocycles. The maximum Gasteiger partial charge on any atom is 0.407 e. The number of halogens is 1. The molecule has 4 N–H and O–H groups in total. The van der Waals surface area contributed by atoms with Gasteiger partial charge in [0.1, 0.15) is 0 Å². The van der Waals surface area contributed by atoms with Gasteiger partial charge in [0.2, 0.25) is 5.95 Å². The first-order valence-electron chi connectivity index (χ1n) is 14.6. The number of hydrogen-bond donors (Lipinski definition) is 4. The average Bonchev–Trinajstić information content (AvgIpc) is 3.42. The lowest BCUT2D eigenvalue weighted by molar-refractivity contribution is 0.0949. The zero-order valence-corrected chi connectivity index (χ0v) is 23.9. The minimum Gasteiger partial charge on any atom is -0.465 e. The molecule has 2 atom stereocenters. The average molecular weight is 573 g/mol. The number of carbonyl (C=O) groups is 1. The molecule has 6 rings (SSSR count). The van der Waals surface area contributed by atoms with Crippen LogP contribution in [0.4, 0.5) is 10.7 Å². The van der Waals surface area contributed by atoms with Gasteiger partial charge in [0, 0.05) is 47.8 Å². The summed E-state index contributed by atoms with van der Waals surface area (Å²) in [5.74, 6) is 0.584. The van der Waals surface area contributed by atoms with E-state index in [1.165, 1.54) is 12.0 Å². The number of benzene rings is 2. The zero-order valence-electron chi connectivity index (χ0n) is 23.2. The molecule has 0 bridgehead atoms. The minimum atomic E-state index is -0.833.